The van der Waals surface area contributed by atoms with Crippen molar-refractivity contribution < 1.29 is 4.79 Å². The molecule has 1 atom stereocenters. The predicted octanol–water partition coefficient (Wildman–Crippen LogP) is 3.26. The fourth-order valence-electron chi connectivity index (χ4n) is 1.16. The first-order valence-electron chi connectivity index (χ1n) is 4.61. The zero-order valence-electron chi connectivity index (χ0n) is 8.22. The first-order valence-corrected chi connectivity index (χ1v) is 5.49. The number of thioether (sulfide) groups is 1. The third kappa shape index (κ3) is 4.28. The Balaban J connectivity index is 2.39. The summed E-state index contributed by atoms with van der Waals surface area (Å²) in [7, 11) is 0. The van der Waals surface area contributed by atoms with Gasteiger partial charge in [0.25, 0.3) is 0 Å². The fourth-order valence-corrected chi connectivity index (χ4v) is 2.17. The second-order valence-corrected chi connectivity index (χ2v) is 4.49. The van der Waals surface area contributed by atoms with Gasteiger partial charge in [-0.3, -0.25) is 4.79 Å². The largest absolute Gasteiger partial charge is 0.299 e. The molecule has 0 saturated heterocycles. The van der Waals surface area contributed by atoms with Gasteiger partial charge in [0.15, 0.2) is 0 Å². The Morgan fingerprint density at radius 3 is 2.93 bits per heavy atom. The molecular weight excluding hydrogens is 192 g/mol. The molecule has 14 heavy (non-hydrogen) atoms. The molecule has 0 spiro atoms. The lowest BCUT2D eigenvalue weighted by molar-refractivity contribution is -0.104. The second-order valence-electron chi connectivity index (χ2n) is 3.00. The molecule has 0 amide bonds. The highest BCUT2D eigenvalue weighted by molar-refractivity contribution is 8.03. The van der Waals surface area contributed by atoms with Crippen molar-refractivity contribution in [1.29, 1.82) is 0 Å². The minimum absolute atomic E-state index is 0.542. The van der Waals surface area contributed by atoms with Crippen molar-refractivity contribution in [3.63, 3.8) is 0 Å². The number of aldehydes is 1. The molecule has 0 bridgehead atoms. The van der Waals surface area contributed by atoms with E-state index in [1.165, 1.54) is 11.0 Å². The summed E-state index contributed by atoms with van der Waals surface area (Å²) in [5.41, 5.74) is 0. The van der Waals surface area contributed by atoms with Crippen LogP contribution in [0.25, 0.3) is 0 Å². The van der Waals surface area contributed by atoms with Gasteiger partial charge in [0.05, 0.1) is 0 Å². The Labute approximate surface area is 89.3 Å². The average Bonchev–Trinajstić information content (AvgIpc) is 2.20. The summed E-state index contributed by atoms with van der Waals surface area (Å²) < 4.78 is 0. The van der Waals surface area contributed by atoms with Crippen molar-refractivity contribution in [2.45, 2.75) is 18.6 Å². The summed E-state index contributed by atoms with van der Waals surface area (Å²) in [4.78, 5) is 11.3. The van der Waals surface area contributed by atoms with Crippen molar-refractivity contribution in [1.82, 2.24) is 0 Å². The zero-order valence-corrected chi connectivity index (χ0v) is 9.04. The van der Waals surface area contributed by atoms with E-state index in [9.17, 15) is 4.79 Å². The van der Waals surface area contributed by atoms with Crippen LogP contribution in [0.5, 0.6) is 0 Å². The van der Waals surface area contributed by atoms with Gasteiger partial charge in [0.1, 0.15) is 6.29 Å². The number of hydrogen-bond acceptors (Lipinski definition) is 2. The molecule has 0 aromatic rings. The molecule has 0 aromatic heterocycles. The molecule has 0 N–H and O–H groups in total. The van der Waals surface area contributed by atoms with Crippen molar-refractivity contribution in [3.05, 3.63) is 47.4 Å². The lowest BCUT2D eigenvalue weighted by Gasteiger charge is -2.11. The molecule has 0 fully saturated rings. The molecule has 0 aromatic carbocycles. The summed E-state index contributed by atoms with van der Waals surface area (Å²) in [6.07, 6.45) is 15.6. The van der Waals surface area contributed by atoms with Crippen LogP contribution in [0.3, 0.4) is 0 Å². The van der Waals surface area contributed by atoms with E-state index >= 15 is 0 Å². The molecule has 1 nitrogen and oxygen atoms in total. The monoisotopic (exact) mass is 206 g/mol. The van der Waals surface area contributed by atoms with Crippen molar-refractivity contribution in [2.75, 3.05) is 0 Å². The minimum atomic E-state index is 0.542. The number of rotatable bonds is 4. The van der Waals surface area contributed by atoms with Crippen molar-refractivity contribution in [2.24, 2.45) is 0 Å². The molecule has 74 valence electrons. The molecule has 1 unspecified atom stereocenters. The van der Waals surface area contributed by atoms with Crippen LogP contribution in [0.2, 0.25) is 0 Å². The highest BCUT2D eigenvalue weighted by Crippen LogP contribution is 2.26. The molecule has 0 saturated carbocycles. The molecule has 0 radical (unpaired) electrons. The maximum absolute atomic E-state index is 10.0. The molecule has 0 aliphatic heterocycles. The lowest BCUT2D eigenvalue weighted by atomic mass is 10.2. The van der Waals surface area contributed by atoms with Crippen LogP contribution in [0, 0.1) is 0 Å². The van der Waals surface area contributed by atoms with E-state index in [4.69, 9.17) is 0 Å². The summed E-state index contributed by atoms with van der Waals surface area (Å²) in [6, 6.07) is 0. The molecule has 1 aliphatic rings. The Bertz CT molecular complexity index is 297. The first kappa shape index (κ1) is 11.1. The Kier molecular flexibility index (Phi) is 5.08. The van der Waals surface area contributed by atoms with Gasteiger partial charge >= 0.3 is 0 Å². The number of hydrogen-bond donors (Lipinski definition) is 0. The van der Waals surface area contributed by atoms with Crippen molar-refractivity contribution >= 4 is 18.0 Å². The second kappa shape index (κ2) is 6.44. The van der Waals surface area contributed by atoms with Gasteiger partial charge in [-0.2, -0.15) is 0 Å². The van der Waals surface area contributed by atoms with Crippen LogP contribution in [0.15, 0.2) is 47.4 Å². The zero-order chi connectivity index (χ0) is 10.2. The molecule has 1 rings (SSSR count). The lowest BCUT2D eigenvalue weighted by Crippen LogP contribution is -1.98. The van der Waals surface area contributed by atoms with Gasteiger partial charge in [0.2, 0.25) is 0 Å². The minimum Gasteiger partial charge on any atom is -0.299 e. The van der Waals surface area contributed by atoms with E-state index < -0.39 is 0 Å². The van der Waals surface area contributed by atoms with Gasteiger partial charge in [-0.25, -0.2) is 0 Å². The van der Waals surface area contributed by atoms with Crippen LogP contribution in [-0.2, 0) is 4.79 Å². The average molecular weight is 206 g/mol. The fraction of sp³-hybridized carbons (Fsp3) is 0.250. The Hall–Kier alpha value is -1.02. The van der Waals surface area contributed by atoms with Crippen molar-refractivity contribution in [3.8, 4) is 0 Å². The van der Waals surface area contributed by atoms with Gasteiger partial charge in [-0.1, -0.05) is 36.5 Å². The molecular formula is C12H14OS. The maximum Gasteiger partial charge on any atom is 0.142 e. The van der Waals surface area contributed by atoms with E-state index in [2.05, 4.69) is 31.2 Å². The third-order valence-corrected chi connectivity index (χ3v) is 2.96. The number of carbonyl (C=O) groups is 1. The van der Waals surface area contributed by atoms with Crippen LogP contribution in [0.1, 0.15) is 13.3 Å². The van der Waals surface area contributed by atoms with Crippen LogP contribution >= 0.6 is 11.8 Å². The summed E-state index contributed by atoms with van der Waals surface area (Å²) in [5, 5.41) is 0.542. The normalized spacial score (nSPS) is 21.8. The number of carbonyl (C=O) groups excluding carboxylic acids is 1. The van der Waals surface area contributed by atoms with Crippen LogP contribution in [-0.4, -0.2) is 11.5 Å². The van der Waals surface area contributed by atoms with E-state index in [1.54, 1.807) is 6.08 Å². The third-order valence-electron chi connectivity index (χ3n) is 1.80. The van der Waals surface area contributed by atoms with E-state index in [-0.39, 0.29) is 0 Å². The standard InChI is InChI=1S/C12H14OS/c1-11(7-5-6-10-13)14-12-8-3-2-4-9-12/h2-8,10,12H,9H2,1H3/b6-5+,11-7+. The maximum atomic E-state index is 10.0. The number of allylic oxidation sites excluding steroid dienone is 7. The highest BCUT2D eigenvalue weighted by atomic mass is 32.2. The van der Waals surface area contributed by atoms with Gasteiger partial charge < -0.3 is 0 Å². The topological polar surface area (TPSA) is 17.1 Å². The molecule has 2 heteroatoms. The van der Waals surface area contributed by atoms with Crippen LogP contribution in [0.4, 0.5) is 0 Å². The first-order chi connectivity index (χ1) is 6.83. The van der Waals surface area contributed by atoms with E-state index in [0.717, 1.165) is 12.7 Å². The SMILES string of the molecule is C/C(=C\C=C\C=O)SC1C=CC=CC1. The molecule has 0 heterocycles. The Morgan fingerprint density at radius 1 is 1.43 bits per heavy atom. The van der Waals surface area contributed by atoms with Gasteiger partial charge in [-0.15, -0.1) is 11.8 Å². The summed E-state index contributed by atoms with van der Waals surface area (Å²) in [5.74, 6) is 0. The highest BCUT2D eigenvalue weighted by Gasteiger charge is 2.05. The van der Waals surface area contributed by atoms with Gasteiger partial charge in [-0.05, 0) is 24.3 Å². The predicted molar refractivity (Wildman–Crippen MR) is 63.2 cm³/mol. The quantitative estimate of drug-likeness (QED) is 0.399. The Morgan fingerprint density at radius 2 is 2.29 bits per heavy atom. The molecule has 1 aliphatic carbocycles. The summed E-state index contributed by atoms with van der Waals surface area (Å²) in [6.45, 7) is 2.06. The van der Waals surface area contributed by atoms with Gasteiger partial charge in [0, 0.05) is 5.25 Å². The summed E-state index contributed by atoms with van der Waals surface area (Å²) >= 11 is 1.83. The van der Waals surface area contributed by atoms with Crippen LogP contribution < -0.4 is 0 Å². The smallest absolute Gasteiger partial charge is 0.142 e. The van der Waals surface area contributed by atoms with E-state index in [1.807, 2.05) is 17.8 Å². The van der Waals surface area contributed by atoms with E-state index in [0.29, 0.717) is 5.25 Å².